The highest BCUT2D eigenvalue weighted by atomic mass is 79.9. The summed E-state index contributed by atoms with van der Waals surface area (Å²) in [5.41, 5.74) is 3.43. The zero-order valence-corrected chi connectivity index (χ0v) is 23.0. The van der Waals surface area contributed by atoms with Gasteiger partial charge in [0.2, 0.25) is 0 Å². The minimum atomic E-state index is 0.117. The summed E-state index contributed by atoms with van der Waals surface area (Å²) in [7, 11) is 0. The number of pyridine rings is 1. The van der Waals surface area contributed by atoms with E-state index in [-0.39, 0.29) is 5.78 Å². The molecule has 3 aromatic rings. The Bertz CT molecular complexity index is 925. The topological polar surface area (TPSA) is 59.9 Å². The molecule has 0 radical (unpaired) electrons. The number of Topliss-reactive ketones (excluding diaryl/α,β-unsaturated/α-hetero) is 1. The number of hydrogen-bond acceptors (Lipinski definition) is 5. The summed E-state index contributed by atoms with van der Waals surface area (Å²) in [6.07, 6.45) is 7.77. The number of fused-ring (bicyclic) bond motifs is 2. The molecule has 1 aromatic carbocycles. The van der Waals surface area contributed by atoms with Gasteiger partial charge in [0.15, 0.2) is 10.8 Å². The van der Waals surface area contributed by atoms with E-state index < -0.39 is 0 Å². The van der Waals surface area contributed by atoms with E-state index in [9.17, 15) is 9.59 Å². The summed E-state index contributed by atoms with van der Waals surface area (Å²) < 4.78 is 1.13. The van der Waals surface area contributed by atoms with Crippen molar-refractivity contribution < 1.29 is 9.59 Å². The predicted octanol–water partition coefficient (Wildman–Crippen LogP) is 8.26. The number of ketones is 1. The van der Waals surface area contributed by atoms with Gasteiger partial charge in [-0.1, -0.05) is 80.1 Å². The lowest BCUT2D eigenvalue weighted by Gasteiger charge is -2.13. The molecule has 6 heteroatoms. The Morgan fingerprint density at radius 2 is 1.73 bits per heavy atom. The van der Waals surface area contributed by atoms with Gasteiger partial charge in [-0.3, -0.25) is 4.79 Å². The molecule has 2 aromatic heterocycles. The fourth-order valence-corrected chi connectivity index (χ4v) is 4.04. The molecule has 0 fully saturated rings. The Labute approximate surface area is 211 Å². The maximum absolute atomic E-state index is 11.6. The normalized spacial score (nSPS) is 11.7. The lowest BCUT2D eigenvalue weighted by Crippen LogP contribution is -2.04. The van der Waals surface area contributed by atoms with Gasteiger partial charge in [0.1, 0.15) is 16.6 Å². The van der Waals surface area contributed by atoms with E-state index in [1.807, 2.05) is 44.2 Å². The number of unbranched alkanes of at least 4 members (excludes halogenated alkanes) is 1. The van der Waals surface area contributed by atoms with Crippen molar-refractivity contribution in [2.75, 3.05) is 0 Å². The molecular weight excluding hydrogens is 496 g/mol. The van der Waals surface area contributed by atoms with Crippen molar-refractivity contribution in [3.05, 3.63) is 57.1 Å². The number of thiazole rings is 1. The molecule has 0 spiro atoms. The molecule has 1 aliphatic carbocycles. The third-order valence-electron chi connectivity index (χ3n) is 4.36. The molecule has 180 valence electrons. The smallest absolute Gasteiger partial charge is 0.191 e. The van der Waals surface area contributed by atoms with Gasteiger partial charge in [0.25, 0.3) is 0 Å². The SMILES string of the molecule is Brc1ccccc1.CC(C)C.CCC(=O)c1nc2cc3c(nc2s1)CCCC3.CCCC=O. The van der Waals surface area contributed by atoms with E-state index in [0.717, 1.165) is 46.3 Å². The second-order valence-electron chi connectivity index (χ2n) is 8.40. The number of benzene rings is 1. The number of hydrogen-bond donors (Lipinski definition) is 0. The molecule has 0 N–H and O–H groups in total. The molecular formula is C27H37BrN2O2S. The van der Waals surface area contributed by atoms with Crippen molar-refractivity contribution in [2.24, 2.45) is 5.92 Å². The molecule has 4 nitrogen and oxygen atoms in total. The summed E-state index contributed by atoms with van der Waals surface area (Å²) in [5.74, 6) is 0.950. The van der Waals surface area contributed by atoms with E-state index in [0.29, 0.717) is 17.8 Å². The molecule has 0 amide bonds. The van der Waals surface area contributed by atoms with E-state index >= 15 is 0 Å². The van der Waals surface area contributed by atoms with Crippen LogP contribution in [-0.4, -0.2) is 22.0 Å². The van der Waals surface area contributed by atoms with Crippen LogP contribution >= 0.6 is 27.3 Å². The first-order valence-electron chi connectivity index (χ1n) is 11.8. The van der Waals surface area contributed by atoms with Crippen molar-refractivity contribution in [1.82, 2.24) is 9.97 Å². The Morgan fingerprint density at radius 1 is 1.09 bits per heavy atom. The van der Waals surface area contributed by atoms with Gasteiger partial charge < -0.3 is 4.79 Å². The first-order chi connectivity index (χ1) is 15.8. The number of aldehydes is 1. The molecule has 33 heavy (non-hydrogen) atoms. The van der Waals surface area contributed by atoms with Gasteiger partial charge >= 0.3 is 0 Å². The molecule has 0 unspecified atom stereocenters. The van der Waals surface area contributed by atoms with Crippen LogP contribution in [0.15, 0.2) is 40.9 Å². The number of aryl methyl sites for hydroxylation is 2. The Kier molecular flexibility index (Phi) is 14.7. The van der Waals surface area contributed by atoms with Gasteiger partial charge in [-0.05, 0) is 61.8 Å². The van der Waals surface area contributed by atoms with Crippen LogP contribution in [0.25, 0.3) is 10.3 Å². The highest BCUT2D eigenvalue weighted by Crippen LogP contribution is 2.27. The molecule has 0 saturated carbocycles. The second kappa shape index (κ2) is 16.7. The molecule has 0 aliphatic heterocycles. The van der Waals surface area contributed by atoms with Crippen molar-refractivity contribution >= 4 is 49.7 Å². The molecule has 0 saturated heterocycles. The van der Waals surface area contributed by atoms with Gasteiger partial charge in [0, 0.05) is 23.0 Å². The monoisotopic (exact) mass is 532 g/mol. The maximum atomic E-state index is 11.6. The minimum absolute atomic E-state index is 0.117. The third-order valence-corrected chi connectivity index (χ3v) is 5.90. The number of carbonyl (C=O) groups is 2. The van der Waals surface area contributed by atoms with Crippen LogP contribution in [0.4, 0.5) is 0 Å². The zero-order valence-electron chi connectivity index (χ0n) is 20.6. The summed E-state index contributed by atoms with van der Waals surface area (Å²) in [6, 6.07) is 12.1. The van der Waals surface area contributed by atoms with E-state index in [2.05, 4.69) is 52.7 Å². The number of carbonyl (C=O) groups excluding carboxylic acids is 2. The van der Waals surface area contributed by atoms with Crippen LogP contribution in [-0.2, 0) is 17.6 Å². The third kappa shape index (κ3) is 11.7. The van der Waals surface area contributed by atoms with Gasteiger partial charge in [-0.15, -0.1) is 0 Å². The molecule has 1 aliphatic rings. The maximum Gasteiger partial charge on any atom is 0.191 e. The summed E-state index contributed by atoms with van der Waals surface area (Å²) >= 11 is 4.74. The first kappa shape index (κ1) is 29.1. The van der Waals surface area contributed by atoms with Gasteiger partial charge in [-0.25, -0.2) is 9.97 Å². The predicted molar refractivity (Wildman–Crippen MR) is 144 cm³/mol. The largest absolute Gasteiger partial charge is 0.303 e. The highest BCUT2D eigenvalue weighted by molar-refractivity contribution is 9.10. The lowest BCUT2D eigenvalue weighted by molar-refractivity contribution is -0.107. The number of aromatic nitrogens is 2. The second-order valence-corrected chi connectivity index (χ2v) is 10.3. The van der Waals surface area contributed by atoms with Crippen LogP contribution in [0.3, 0.4) is 0 Å². The lowest BCUT2D eigenvalue weighted by atomic mass is 9.96. The number of nitrogens with zero attached hydrogens (tertiary/aromatic N) is 2. The highest BCUT2D eigenvalue weighted by Gasteiger charge is 2.16. The molecule has 0 atom stereocenters. The average molecular weight is 534 g/mol. The first-order valence-corrected chi connectivity index (χ1v) is 13.4. The summed E-state index contributed by atoms with van der Waals surface area (Å²) in [5, 5.41) is 0.609. The van der Waals surface area contributed by atoms with Crippen molar-refractivity contribution in [2.45, 2.75) is 79.6 Å². The minimum Gasteiger partial charge on any atom is -0.303 e. The zero-order chi connectivity index (χ0) is 24.6. The fraction of sp³-hybridized carbons (Fsp3) is 0.481. The molecule has 2 heterocycles. The van der Waals surface area contributed by atoms with Crippen LogP contribution < -0.4 is 0 Å². The van der Waals surface area contributed by atoms with Crippen LogP contribution in [0, 0.1) is 5.92 Å². The molecule has 0 bridgehead atoms. The summed E-state index contributed by atoms with van der Waals surface area (Å²) in [6.45, 7) is 10.3. The van der Waals surface area contributed by atoms with E-state index in [1.54, 1.807) is 0 Å². The number of rotatable bonds is 4. The average Bonchev–Trinajstić information content (AvgIpc) is 3.21. The Morgan fingerprint density at radius 3 is 2.21 bits per heavy atom. The quantitative estimate of drug-likeness (QED) is 0.250. The van der Waals surface area contributed by atoms with Gasteiger partial charge in [0.05, 0.1) is 0 Å². The summed E-state index contributed by atoms with van der Waals surface area (Å²) in [4.78, 5) is 31.0. The fourth-order valence-electron chi connectivity index (χ4n) is 2.78. The Hall–Kier alpha value is -1.92. The Balaban J connectivity index is 0.000000281. The standard InChI is InChI=1S/C13H14N2OS.C6H5Br.C4H8O.C4H10/c1-2-11(16)13-15-10-7-8-5-3-4-6-9(8)14-12(10)17-13;7-6-4-2-1-3-5-6;1-2-3-4-5;1-4(2)3/h7H,2-6H2,1H3;1-5H;4H,2-3H2,1H3;4H,1-3H3. The number of halogens is 1. The van der Waals surface area contributed by atoms with E-state index in [1.165, 1.54) is 35.4 Å². The van der Waals surface area contributed by atoms with Crippen molar-refractivity contribution in [3.8, 4) is 0 Å². The van der Waals surface area contributed by atoms with Crippen molar-refractivity contribution in [1.29, 1.82) is 0 Å². The van der Waals surface area contributed by atoms with Crippen LogP contribution in [0.5, 0.6) is 0 Å². The van der Waals surface area contributed by atoms with Crippen LogP contribution in [0.1, 0.15) is 87.8 Å². The molecule has 4 rings (SSSR count). The van der Waals surface area contributed by atoms with Crippen LogP contribution in [0.2, 0.25) is 0 Å². The van der Waals surface area contributed by atoms with Gasteiger partial charge in [-0.2, -0.15) is 0 Å². The van der Waals surface area contributed by atoms with Crippen molar-refractivity contribution in [3.63, 3.8) is 0 Å². The van der Waals surface area contributed by atoms with E-state index in [4.69, 9.17) is 0 Å².